The lowest BCUT2D eigenvalue weighted by molar-refractivity contribution is -0.385. The van der Waals surface area contributed by atoms with Crippen LogP contribution in [0.1, 0.15) is 139 Å². The van der Waals surface area contributed by atoms with Crippen molar-refractivity contribution < 1.29 is 58.5 Å². The van der Waals surface area contributed by atoms with Crippen LogP contribution in [0, 0.1) is 38.0 Å². The number of hydrogen-bond donors (Lipinski definition) is 4. The zero-order valence-electron chi connectivity index (χ0n) is 45.8. The highest BCUT2D eigenvalue weighted by atomic mass is 16.7. The monoisotopic (exact) mass is 1100 g/mol. The average molecular weight is 1100 g/mol. The number of oxime groups is 1. The first-order valence-corrected chi connectivity index (χ1v) is 28.3. The number of fused-ring (bicyclic) bond motifs is 2. The van der Waals surface area contributed by atoms with Crippen LogP contribution in [0.25, 0.3) is 6.08 Å². The summed E-state index contributed by atoms with van der Waals surface area (Å²) < 4.78 is 26.3. The normalized spacial score (nSPS) is 20.6. The number of non-ortho nitro benzene ring substituents is 2. The Labute approximate surface area is 464 Å². The topological polar surface area (TPSA) is 255 Å². The van der Waals surface area contributed by atoms with Crippen LogP contribution in [0.4, 0.5) is 16.2 Å². The summed E-state index contributed by atoms with van der Waals surface area (Å²) in [5, 5.41) is 60.5. The van der Waals surface area contributed by atoms with Gasteiger partial charge in [0.15, 0.2) is 0 Å². The molecule has 0 bridgehead atoms. The summed E-state index contributed by atoms with van der Waals surface area (Å²) in [4.78, 5) is 58.3. The Morgan fingerprint density at radius 2 is 1.49 bits per heavy atom. The van der Waals surface area contributed by atoms with Gasteiger partial charge in [-0.2, -0.15) is 0 Å². The number of unbranched alkanes of at least 4 members (excludes halogenated alkanes) is 11. The minimum atomic E-state index is -1.66. The quantitative estimate of drug-likeness (QED) is 0.0139. The zero-order chi connectivity index (χ0) is 56.4. The van der Waals surface area contributed by atoms with Gasteiger partial charge >= 0.3 is 6.09 Å². The third kappa shape index (κ3) is 17.5. The van der Waals surface area contributed by atoms with Crippen molar-refractivity contribution in [3.8, 4) is 11.5 Å². The minimum Gasteiger partial charge on any atom is -0.459 e. The van der Waals surface area contributed by atoms with Gasteiger partial charge in [-0.1, -0.05) is 94.9 Å². The SMILES string of the molecule is C=CCO[C@@]12Oc3ccc(OC(=O)NCCCCCCCCCCCC)cc3[C@H]3[C@H](CCCCO)[C@@H](CCCCO)C=C(C(=NOCc4ccc([N+](=O)[O-])cc4)C[C@@H]1N(CCOCCO)C(=O)C=Cc1ccc([N+](=O)[O-])cc1)[C@H]32. The van der Waals surface area contributed by atoms with Crippen LogP contribution in [0.15, 0.2) is 102 Å². The molecule has 3 aliphatic rings. The van der Waals surface area contributed by atoms with E-state index in [9.17, 15) is 40.3 Å². The Kier molecular flexibility index (Phi) is 25.4. The molecule has 0 radical (unpaired) electrons. The Balaban J connectivity index is 1.45. The standard InChI is InChI=1S/C60H81N5O14/c1-3-5-6-7-8-9-10-11-12-15-32-61-59(70)78-49-29-30-54-52(41-49)57-50(19-14-17-35-67)46(18-13-16-34-66)40-51-53(62-77-43-45-22-27-48(28-23-45)65(73)74)42-55(60(79-54,58(51)57)76-37-4-2)63(33-38-75-39-36-68)56(69)31-24-44-20-25-47(26-21-44)64(71)72/h4,20-31,40-41,46,50,55,57-58,66-68H,2-3,5-19,32-39,42-43H2,1H3,(H,61,70)/t46-,50+,55-,57+,58+,60+/m0/s1. The lowest BCUT2D eigenvalue weighted by Gasteiger charge is -2.60. The third-order valence-corrected chi connectivity index (χ3v) is 15.1. The van der Waals surface area contributed by atoms with E-state index >= 15 is 4.79 Å². The molecular weight excluding hydrogens is 1010 g/mol. The molecular formula is C60H81N5O14. The molecule has 3 aromatic rings. The minimum absolute atomic E-state index is 0.000874. The van der Waals surface area contributed by atoms with Crippen molar-refractivity contribution in [3.05, 3.63) is 134 Å². The number of carbonyl (C=O) groups excluding carboxylic acids is 2. The van der Waals surface area contributed by atoms with Gasteiger partial charge in [-0.3, -0.25) is 25.0 Å². The van der Waals surface area contributed by atoms with Crippen LogP contribution >= 0.6 is 0 Å². The largest absolute Gasteiger partial charge is 0.459 e. The summed E-state index contributed by atoms with van der Waals surface area (Å²) in [5.41, 5.74) is 2.94. The van der Waals surface area contributed by atoms with Gasteiger partial charge in [-0.05, 0) is 109 Å². The highest BCUT2D eigenvalue weighted by molar-refractivity contribution is 6.03. The number of aliphatic hydroxyl groups excluding tert-OH is 3. The molecule has 1 fully saturated rings. The van der Waals surface area contributed by atoms with Gasteiger partial charge in [0.05, 0.1) is 47.9 Å². The predicted octanol–water partition coefficient (Wildman–Crippen LogP) is 10.9. The number of amides is 2. The molecule has 6 rings (SSSR count). The van der Waals surface area contributed by atoms with Gasteiger partial charge in [0, 0.05) is 74.5 Å². The second kappa shape index (κ2) is 32.5. The molecule has 4 N–H and O–H groups in total. The summed E-state index contributed by atoms with van der Waals surface area (Å²) in [6, 6.07) is 16.0. The molecule has 79 heavy (non-hydrogen) atoms. The highest BCUT2D eigenvalue weighted by Gasteiger charge is 2.65. The number of nitro benzene ring substituents is 2. The van der Waals surface area contributed by atoms with Crippen molar-refractivity contribution in [3.63, 3.8) is 0 Å². The first kappa shape index (κ1) is 61.7. The number of ether oxygens (including phenoxy) is 4. The van der Waals surface area contributed by atoms with Crippen LogP contribution in [0.5, 0.6) is 11.5 Å². The number of benzene rings is 3. The van der Waals surface area contributed by atoms with E-state index in [2.05, 4.69) is 24.9 Å². The van der Waals surface area contributed by atoms with E-state index in [1.807, 2.05) is 6.07 Å². The molecule has 1 saturated carbocycles. The van der Waals surface area contributed by atoms with Crippen molar-refractivity contribution in [2.24, 2.45) is 22.9 Å². The smallest absolute Gasteiger partial charge is 0.412 e. The molecule has 19 nitrogen and oxygen atoms in total. The molecule has 6 atom stereocenters. The zero-order valence-corrected chi connectivity index (χ0v) is 45.8. The van der Waals surface area contributed by atoms with E-state index < -0.39 is 45.5 Å². The number of hydrogen-bond acceptors (Lipinski definition) is 15. The summed E-state index contributed by atoms with van der Waals surface area (Å²) in [6.07, 6.45) is 21.7. The van der Waals surface area contributed by atoms with Crippen LogP contribution < -0.4 is 14.8 Å². The second-order valence-electron chi connectivity index (χ2n) is 20.5. The second-order valence-corrected chi connectivity index (χ2v) is 20.5. The maximum atomic E-state index is 15.1. The van der Waals surface area contributed by atoms with Gasteiger partial charge in [0.1, 0.15) is 24.1 Å². The number of rotatable bonds is 36. The molecule has 1 heterocycles. The van der Waals surface area contributed by atoms with Crippen molar-refractivity contribution in [2.75, 3.05) is 52.7 Å². The highest BCUT2D eigenvalue weighted by Crippen LogP contribution is 2.62. The third-order valence-electron chi connectivity index (χ3n) is 15.1. The Morgan fingerprint density at radius 1 is 0.835 bits per heavy atom. The fraction of sp³-hybridized carbons (Fsp3) is 0.550. The molecule has 2 aliphatic carbocycles. The average Bonchev–Trinajstić information content (AvgIpc) is 3.30. The number of nitrogens with one attached hydrogen (secondary N) is 1. The number of allylic oxidation sites excluding steroid dienone is 1. The van der Waals surface area contributed by atoms with E-state index in [1.54, 1.807) is 41.3 Å². The maximum Gasteiger partial charge on any atom is 0.412 e. The van der Waals surface area contributed by atoms with Crippen LogP contribution in [-0.2, 0) is 25.7 Å². The Hall–Kier alpha value is -6.51. The number of carbonyl (C=O) groups is 2. The maximum absolute atomic E-state index is 15.1. The fourth-order valence-electron chi connectivity index (χ4n) is 11.3. The Bertz CT molecular complexity index is 2520. The molecule has 1 aliphatic heterocycles. The summed E-state index contributed by atoms with van der Waals surface area (Å²) in [7, 11) is 0. The molecule has 0 aromatic heterocycles. The first-order valence-electron chi connectivity index (χ1n) is 28.3. The van der Waals surface area contributed by atoms with Gasteiger partial charge in [-0.25, -0.2) is 4.79 Å². The summed E-state index contributed by atoms with van der Waals surface area (Å²) >= 11 is 0. The van der Waals surface area contributed by atoms with Crippen LogP contribution in [0.2, 0.25) is 0 Å². The number of nitro groups is 2. The summed E-state index contributed by atoms with van der Waals surface area (Å²) in [5.74, 6) is -2.83. The van der Waals surface area contributed by atoms with Crippen molar-refractivity contribution in [1.82, 2.24) is 10.2 Å². The molecule has 0 saturated heterocycles. The van der Waals surface area contributed by atoms with E-state index in [0.717, 1.165) is 30.4 Å². The molecule has 0 spiro atoms. The lowest BCUT2D eigenvalue weighted by atomic mass is 9.55. The molecule has 3 aromatic carbocycles. The molecule has 19 heteroatoms. The van der Waals surface area contributed by atoms with Crippen molar-refractivity contribution in [2.45, 2.75) is 140 Å². The van der Waals surface area contributed by atoms with E-state index in [4.69, 9.17) is 28.9 Å². The predicted molar refractivity (Wildman–Crippen MR) is 300 cm³/mol. The fourth-order valence-corrected chi connectivity index (χ4v) is 11.3. The lowest BCUT2D eigenvalue weighted by Crippen LogP contribution is -2.70. The first-order chi connectivity index (χ1) is 38.5. The van der Waals surface area contributed by atoms with E-state index in [1.165, 1.54) is 87.4 Å². The van der Waals surface area contributed by atoms with Crippen LogP contribution in [-0.4, -0.2) is 112 Å². The van der Waals surface area contributed by atoms with E-state index in [0.29, 0.717) is 73.4 Å². The van der Waals surface area contributed by atoms with Gasteiger partial charge in [0.25, 0.3) is 11.4 Å². The summed E-state index contributed by atoms with van der Waals surface area (Å²) in [6.45, 7) is 6.37. The molecule has 2 amide bonds. The van der Waals surface area contributed by atoms with Crippen molar-refractivity contribution in [1.29, 1.82) is 0 Å². The van der Waals surface area contributed by atoms with Gasteiger partial charge in [-0.15, -0.1) is 6.58 Å². The van der Waals surface area contributed by atoms with Gasteiger partial charge < -0.3 is 49.3 Å². The Morgan fingerprint density at radius 3 is 2.14 bits per heavy atom. The molecule has 0 unspecified atom stereocenters. The number of aliphatic hydroxyl groups is 3. The van der Waals surface area contributed by atoms with Crippen molar-refractivity contribution >= 4 is 35.2 Å². The van der Waals surface area contributed by atoms with Crippen LogP contribution in [0.3, 0.4) is 0 Å². The number of nitrogens with zero attached hydrogens (tertiary/aromatic N) is 4. The van der Waals surface area contributed by atoms with E-state index in [-0.39, 0.29) is 82.4 Å². The van der Waals surface area contributed by atoms with Gasteiger partial charge in [0.2, 0.25) is 11.7 Å². The molecule has 430 valence electrons.